The van der Waals surface area contributed by atoms with Crippen molar-refractivity contribution in [2.75, 3.05) is 13.6 Å². The zero-order chi connectivity index (χ0) is 14.8. The highest BCUT2D eigenvalue weighted by Crippen LogP contribution is 2.29. The number of halogens is 2. The Labute approximate surface area is 125 Å². The van der Waals surface area contributed by atoms with Gasteiger partial charge in [-0.1, -0.05) is 20.3 Å². The molecule has 8 heteroatoms. The van der Waals surface area contributed by atoms with E-state index in [1.165, 1.54) is 4.90 Å². The first-order valence-electron chi connectivity index (χ1n) is 5.66. The van der Waals surface area contributed by atoms with Crippen LogP contribution in [0.15, 0.2) is 20.0 Å². The highest BCUT2D eigenvalue weighted by atomic mass is 79.9. The molecule has 1 aromatic rings. The van der Waals surface area contributed by atoms with Crippen LogP contribution in [0.4, 0.5) is 0 Å². The van der Waals surface area contributed by atoms with Gasteiger partial charge < -0.3 is 9.32 Å². The van der Waals surface area contributed by atoms with Crippen LogP contribution in [0.3, 0.4) is 0 Å². The summed E-state index contributed by atoms with van der Waals surface area (Å²) in [6.07, 6.45) is 0.945. The van der Waals surface area contributed by atoms with Gasteiger partial charge in [0.1, 0.15) is 4.90 Å². The van der Waals surface area contributed by atoms with Crippen molar-refractivity contribution in [1.29, 1.82) is 0 Å². The van der Waals surface area contributed by atoms with E-state index in [2.05, 4.69) is 15.9 Å². The van der Waals surface area contributed by atoms with E-state index in [1.54, 1.807) is 7.05 Å². The van der Waals surface area contributed by atoms with E-state index >= 15 is 0 Å². The Morgan fingerprint density at radius 1 is 1.58 bits per heavy atom. The van der Waals surface area contributed by atoms with E-state index in [0.717, 1.165) is 12.5 Å². The minimum Gasteiger partial charge on any atom is -0.443 e. The molecule has 0 aliphatic heterocycles. The third-order valence-corrected chi connectivity index (χ3v) is 4.94. The maximum atomic E-state index is 12.1. The number of hydrogen-bond donors (Lipinski definition) is 0. The predicted octanol–water partition coefficient (Wildman–Crippen LogP) is 3.09. The fourth-order valence-electron chi connectivity index (χ4n) is 1.49. The van der Waals surface area contributed by atoms with Crippen molar-refractivity contribution in [3.05, 3.63) is 16.5 Å². The molecule has 0 fully saturated rings. The Hall–Kier alpha value is -0.530. The van der Waals surface area contributed by atoms with Crippen LogP contribution in [0.2, 0.25) is 0 Å². The average molecular weight is 373 g/mol. The molecule has 0 aliphatic carbocycles. The van der Waals surface area contributed by atoms with Crippen LogP contribution >= 0.6 is 26.6 Å². The minimum atomic E-state index is -3.94. The van der Waals surface area contributed by atoms with Gasteiger partial charge in [-0.3, -0.25) is 4.79 Å². The fraction of sp³-hybridized carbons (Fsp3) is 0.545. The average Bonchev–Trinajstić information content (AvgIpc) is 2.69. The number of furan rings is 1. The van der Waals surface area contributed by atoms with Crippen molar-refractivity contribution >= 4 is 41.6 Å². The van der Waals surface area contributed by atoms with Crippen molar-refractivity contribution in [3.8, 4) is 0 Å². The van der Waals surface area contributed by atoms with E-state index < -0.39 is 9.05 Å². The number of carbonyl (C=O) groups is 1. The monoisotopic (exact) mass is 371 g/mol. The molecule has 1 rings (SSSR count). The Bertz CT molecular complexity index is 569. The molecule has 0 aliphatic rings. The molecule has 1 heterocycles. The standard InChI is InChI=1S/C11H15BrClNO4S/c1-4-7(2)6-14(3)11(15)8-5-9(10(12)18-8)19(13,16)17/h5,7H,4,6H2,1-3H3. The summed E-state index contributed by atoms with van der Waals surface area (Å²) in [4.78, 5) is 13.3. The Kier molecular flexibility index (Phi) is 5.46. The second-order valence-corrected chi connectivity index (χ2v) is 7.64. The van der Waals surface area contributed by atoms with Gasteiger partial charge in [0.15, 0.2) is 10.4 Å². The first-order chi connectivity index (χ1) is 8.66. The highest BCUT2D eigenvalue weighted by Gasteiger charge is 2.25. The molecular weight excluding hydrogens is 358 g/mol. The van der Waals surface area contributed by atoms with Crippen LogP contribution in [-0.4, -0.2) is 32.8 Å². The van der Waals surface area contributed by atoms with Gasteiger partial charge >= 0.3 is 0 Å². The summed E-state index contributed by atoms with van der Waals surface area (Å²) < 4.78 is 27.5. The maximum absolute atomic E-state index is 12.1. The van der Waals surface area contributed by atoms with Gasteiger partial charge in [-0.05, 0) is 21.8 Å². The van der Waals surface area contributed by atoms with Crippen molar-refractivity contribution in [1.82, 2.24) is 4.90 Å². The van der Waals surface area contributed by atoms with E-state index in [-0.39, 0.29) is 21.2 Å². The topological polar surface area (TPSA) is 67.6 Å². The van der Waals surface area contributed by atoms with Crippen LogP contribution in [0.1, 0.15) is 30.8 Å². The van der Waals surface area contributed by atoms with Crippen LogP contribution in [-0.2, 0) is 9.05 Å². The molecule has 0 saturated heterocycles. The molecule has 108 valence electrons. The molecular formula is C11H15BrClNO4S. The summed E-state index contributed by atoms with van der Waals surface area (Å²) in [6.45, 7) is 4.62. The van der Waals surface area contributed by atoms with Gasteiger partial charge in [-0.2, -0.15) is 0 Å². The van der Waals surface area contributed by atoms with E-state index in [4.69, 9.17) is 15.1 Å². The summed E-state index contributed by atoms with van der Waals surface area (Å²) in [5.74, 6) is -0.0898. The zero-order valence-electron chi connectivity index (χ0n) is 10.8. The van der Waals surface area contributed by atoms with Crippen LogP contribution < -0.4 is 0 Å². The van der Waals surface area contributed by atoms with Crippen molar-refractivity contribution in [2.45, 2.75) is 25.2 Å². The number of hydrogen-bond acceptors (Lipinski definition) is 4. The number of nitrogens with zero attached hydrogens (tertiary/aromatic N) is 1. The quantitative estimate of drug-likeness (QED) is 0.745. The molecule has 1 aromatic heterocycles. The Morgan fingerprint density at radius 2 is 2.16 bits per heavy atom. The number of carbonyl (C=O) groups excluding carboxylic acids is 1. The van der Waals surface area contributed by atoms with Crippen LogP contribution in [0, 0.1) is 5.92 Å². The van der Waals surface area contributed by atoms with Gasteiger partial charge in [-0.15, -0.1) is 0 Å². The summed E-state index contributed by atoms with van der Waals surface area (Å²) >= 11 is 2.93. The van der Waals surface area contributed by atoms with Gasteiger partial charge in [0.05, 0.1) is 0 Å². The molecule has 0 spiro atoms. The lowest BCUT2D eigenvalue weighted by molar-refractivity contribution is 0.0742. The summed E-state index contributed by atoms with van der Waals surface area (Å²) in [7, 11) is 2.93. The second kappa shape index (κ2) is 6.28. The van der Waals surface area contributed by atoms with Gasteiger partial charge in [0.2, 0.25) is 0 Å². The van der Waals surface area contributed by atoms with Gasteiger partial charge in [0, 0.05) is 30.3 Å². The number of rotatable bonds is 5. The molecule has 1 amide bonds. The molecule has 0 radical (unpaired) electrons. The SMILES string of the molecule is CCC(C)CN(C)C(=O)c1cc(S(=O)(=O)Cl)c(Br)o1. The lowest BCUT2D eigenvalue weighted by Gasteiger charge is -2.19. The summed E-state index contributed by atoms with van der Waals surface area (Å²) in [5.41, 5.74) is 0. The third kappa shape index (κ3) is 4.22. The van der Waals surface area contributed by atoms with Gasteiger partial charge in [-0.25, -0.2) is 8.42 Å². The predicted molar refractivity (Wildman–Crippen MR) is 75.9 cm³/mol. The molecule has 1 atom stereocenters. The largest absolute Gasteiger partial charge is 0.443 e. The maximum Gasteiger partial charge on any atom is 0.289 e. The molecule has 1 unspecified atom stereocenters. The van der Waals surface area contributed by atoms with Crippen LogP contribution in [0.5, 0.6) is 0 Å². The van der Waals surface area contributed by atoms with Gasteiger partial charge in [0.25, 0.3) is 15.0 Å². The first kappa shape index (κ1) is 16.5. The minimum absolute atomic E-state index is 0.0584. The van der Waals surface area contributed by atoms with Crippen LogP contribution in [0.25, 0.3) is 0 Å². The Morgan fingerprint density at radius 3 is 2.58 bits per heavy atom. The normalized spacial score (nSPS) is 13.3. The lowest BCUT2D eigenvalue weighted by atomic mass is 10.1. The molecule has 0 N–H and O–H groups in total. The zero-order valence-corrected chi connectivity index (χ0v) is 14.0. The van der Waals surface area contributed by atoms with E-state index in [0.29, 0.717) is 12.5 Å². The smallest absolute Gasteiger partial charge is 0.289 e. The second-order valence-electron chi connectivity index (χ2n) is 4.39. The molecule has 0 bridgehead atoms. The molecule has 5 nitrogen and oxygen atoms in total. The fourth-order valence-corrected chi connectivity index (χ4v) is 3.52. The van der Waals surface area contributed by atoms with Crippen molar-refractivity contribution in [2.24, 2.45) is 5.92 Å². The molecule has 19 heavy (non-hydrogen) atoms. The summed E-state index contributed by atoms with van der Waals surface area (Å²) in [6, 6.07) is 1.13. The lowest BCUT2D eigenvalue weighted by Crippen LogP contribution is -2.30. The molecule has 0 saturated carbocycles. The highest BCUT2D eigenvalue weighted by molar-refractivity contribution is 9.10. The third-order valence-electron chi connectivity index (χ3n) is 2.76. The summed E-state index contributed by atoms with van der Waals surface area (Å²) in [5, 5.41) is 0. The number of amides is 1. The van der Waals surface area contributed by atoms with Crippen molar-refractivity contribution in [3.63, 3.8) is 0 Å². The van der Waals surface area contributed by atoms with E-state index in [9.17, 15) is 13.2 Å². The molecule has 0 aromatic carbocycles. The van der Waals surface area contributed by atoms with Crippen molar-refractivity contribution < 1.29 is 17.6 Å². The Balaban J connectivity index is 2.96. The first-order valence-corrected chi connectivity index (χ1v) is 8.76. The van der Waals surface area contributed by atoms with E-state index in [1.807, 2.05) is 13.8 Å².